The Hall–Kier alpha value is -2.35. The fourth-order valence-electron chi connectivity index (χ4n) is 1.81. The van der Waals surface area contributed by atoms with Crippen LogP contribution in [-0.4, -0.2) is 34.9 Å². The molecule has 116 valence electrons. The summed E-state index contributed by atoms with van der Waals surface area (Å²) in [7, 11) is 0. The van der Waals surface area contributed by atoms with Gasteiger partial charge in [0, 0.05) is 12.1 Å². The first kappa shape index (κ1) is 16.0. The highest BCUT2D eigenvalue weighted by molar-refractivity contribution is 8.15. The van der Waals surface area contributed by atoms with Crippen molar-refractivity contribution in [3.63, 3.8) is 0 Å². The zero-order chi connectivity index (χ0) is 16.1. The Morgan fingerprint density at radius 3 is 2.50 bits per heavy atom. The molecule has 0 radical (unpaired) electrons. The van der Waals surface area contributed by atoms with Crippen LogP contribution in [0.4, 0.5) is 10.5 Å². The Balaban J connectivity index is 1.90. The number of nitrogens with one attached hydrogen (secondary N) is 2. The molecule has 1 aliphatic rings. The summed E-state index contributed by atoms with van der Waals surface area (Å²) >= 11 is 0.803. The van der Waals surface area contributed by atoms with Crippen LogP contribution in [0.3, 0.4) is 0 Å². The monoisotopic (exact) mass is 322 g/mol. The normalized spacial score (nSPS) is 17.0. The Kier molecular flexibility index (Phi) is 5.16. The molecule has 1 aliphatic heterocycles. The highest BCUT2D eigenvalue weighted by atomic mass is 32.2. The molecule has 0 aromatic heterocycles. The van der Waals surface area contributed by atoms with E-state index >= 15 is 0 Å². The fourth-order valence-corrected chi connectivity index (χ4v) is 2.63. The summed E-state index contributed by atoms with van der Waals surface area (Å²) in [5.74, 6) is -1.27. The first-order valence-electron chi connectivity index (χ1n) is 6.58. The molecule has 0 aliphatic carbocycles. The molecule has 1 aromatic carbocycles. The maximum Gasteiger partial charge on any atom is 0.338 e. The second-order valence-electron chi connectivity index (χ2n) is 4.43. The molecule has 0 saturated carbocycles. The second-order valence-corrected chi connectivity index (χ2v) is 5.61. The fraction of sp³-hybridized carbons (Fsp3) is 0.286. The molecule has 0 spiro atoms. The van der Waals surface area contributed by atoms with Gasteiger partial charge in [0.1, 0.15) is 5.25 Å². The van der Waals surface area contributed by atoms with Gasteiger partial charge in [-0.05, 0) is 31.2 Å². The number of hydrogen-bond donors (Lipinski definition) is 2. The molecule has 1 fully saturated rings. The first-order chi connectivity index (χ1) is 10.5. The van der Waals surface area contributed by atoms with Crippen molar-refractivity contribution in [3.8, 4) is 0 Å². The Morgan fingerprint density at radius 1 is 1.27 bits per heavy atom. The van der Waals surface area contributed by atoms with Gasteiger partial charge in [0.15, 0.2) is 0 Å². The number of carbonyl (C=O) groups excluding carboxylic acids is 4. The van der Waals surface area contributed by atoms with Gasteiger partial charge in [-0.1, -0.05) is 11.8 Å². The molecule has 0 bridgehead atoms. The van der Waals surface area contributed by atoms with E-state index in [0.717, 1.165) is 11.8 Å². The zero-order valence-electron chi connectivity index (χ0n) is 11.8. The van der Waals surface area contributed by atoms with Crippen molar-refractivity contribution < 1.29 is 23.9 Å². The van der Waals surface area contributed by atoms with Crippen molar-refractivity contribution in [2.24, 2.45) is 0 Å². The molecule has 1 aromatic rings. The summed E-state index contributed by atoms with van der Waals surface area (Å²) < 4.78 is 4.85. The van der Waals surface area contributed by atoms with Gasteiger partial charge in [-0.3, -0.25) is 19.7 Å². The standard InChI is InChI=1S/C14H14N2O5S/c1-2-21-13(19)8-3-5-9(6-4-8)15-11(17)7-10-12(18)16-14(20)22-10/h3-6,10H,2,7H2,1H3,(H,15,17)(H,16,18,20)/t10-/m0/s1. The number of anilines is 1. The summed E-state index contributed by atoms with van der Waals surface area (Å²) in [6.45, 7) is 2.01. The smallest absolute Gasteiger partial charge is 0.338 e. The lowest BCUT2D eigenvalue weighted by molar-refractivity contribution is -0.122. The van der Waals surface area contributed by atoms with E-state index in [1.54, 1.807) is 19.1 Å². The maximum atomic E-state index is 11.8. The van der Waals surface area contributed by atoms with Crippen LogP contribution in [0.1, 0.15) is 23.7 Å². The predicted octanol–water partition coefficient (Wildman–Crippen LogP) is 1.54. The molecule has 1 saturated heterocycles. The number of imide groups is 1. The number of benzene rings is 1. The summed E-state index contributed by atoms with van der Waals surface area (Å²) in [5, 5.41) is 3.58. The topological polar surface area (TPSA) is 102 Å². The van der Waals surface area contributed by atoms with Crippen LogP contribution >= 0.6 is 11.8 Å². The van der Waals surface area contributed by atoms with Crippen LogP contribution in [0.2, 0.25) is 0 Å². The molecule has 22 heavy (non-hydrogen) atoms. The summed E-state index contributed by atoms with van der Waals surface area (Å²) in [6.07, 6.45) is -0.0954. The van der Waals surface area contributed by atoms with E-state index in [9.17, 15) is 19.2 Å². The number of ether oxygens (including phenoxy) is 1. The maximum absolute atomic E-state index is 11.8. The highest BCUT2D eigenvalue weighted by Gasteiger charge is 2.33. The summed E-state index contributed by atoms with van der Waals surface area (Å²) in [6, 6.07) is 6.21. The lowest BCUT2D eigenvalue weighted by Gasteiger charge is -2.08. The number of carbonyl (C=O) groups is 4. The lowest BCUT2D eigenvalue weighted by Crippen LogP contribution is -2.27. The third-order valence-corrected chi connectivity index (χ3v) is 3.80. The summed E-state index contributed by atoms with van der Waals surface area (Å²) in [4.78, 5) is 45.7. The van der Waals surface area contributed by atoms with Gasteiger partial charge in [0.05, 0.1) is 12.2 Å². The molecule has 2 N–H and O–H groups in total. The average Bonchev–Trinajstić information content (AvgIpc) is 2.77. The largest absolute Gasteiger partial charge is 0.462 e. The van der Waals surface area contributed by atoms with E-state index in [2.05, 4.69) is 10.6 Å². The van der Waals surface area contributed by atoms with Crippen molar-refractivity contribution in [3.05, 3.63) is 29.8 Å². The predicted molar refractivity (Wildman–Crippen MR) is 80.6 cm³/mol. The van der Waals surface area contributed by atoms with E-state index in [4.69, 9.17) is 4.74 Å². The van der Waals surface area contributed by atoms with E-state index in [1.165, 1.54) is 12.1 Å². The number of amides is 3. The van der Waals surface area contributed by atoms with Crippen molar-refractivity contribution in [2.45, 2.75) is 18.6 Å². The minimum atomic E-state index is -0.702. The third kappa shape index (κ3) is 4.08. The number of esters is 1. The second kappa shape index (κ2) is 7.08. The van der Waals surface area contributed by atoms with Crippen LogP contribution in [0.25, 0.3) is 0 Å². The van der Waals surface area contributed by atoms with Crippen LogP contribution in [0.5, 0.6) is 0 Å². The van der Waals surface area contributed by atoms with Crippen molar-refractivity contribution in [1.82, 2.24) is 5.32 Å². The molecule has 2 rings (SSSR count). The minimum absolute atomic E-state index is 0.0954. The van der Waals surface area contributed by atoms with E-state index in [0.29, 0.717) is 11.3 Å². The zero-order valence-corrected chi connectivity index (χ0v) is 12.6. The van der Waals surface area contributed by atoms with Gasteiger partial charge in [-0.2, -0.15) is 0 Å². The van der Waals surface area contributed by atoms with Crippen LogP contribution < -0.4 is 10.6 Å². The van der Waals surface area contributed by atoms with Crippen LogP contribution in [0.15, 0.2) is 24.3 Å². The SMILES string of the molecule is CCOC(=O)c1ccc(NC(=O)C[C@@H]2SC(=O)NC2=O)cc1. The van der Waals surface area contributed by atoms with Crippen molar-refractivity contribution >= 4 is 40.5 Å². The molecule has 1 heterocycles. The third-order valence-electron chi connectivity index (χ3n) is 2.82. The first-order valence-corrected chi connectivity index (χ1v) is 7.46. The molecule has 8 heteroatoms. The Bertz CT molecular complexity index is 614. The Labute approximate surface area is 130 Å². The highest BCUT2D eigenvalue weighted by Crippen LogP contribution is 2.22. The van der Waals surface area contributed by atoms with E-state index in [-0.39, 0.29) is 18.9 Å². The Morgan fingerprint density at radius 2 is 1.95 bits per heavy atom. The van der Waals surface area contributed by atoms with E-state index < -0.39 is 22.4 Å². The van der Waals surface area contributed by atoms with Gasteiger partial charge in [0.2, 0.25) is 11.8 Å². The number of rotatable bonds is 5. The molecule has 7 nitrogen and oxygen atoms in total. The van der Waals surface area contributed by atoms with Crippen molar-refractivity contribution in [1.29, 1.82) is 0 Å². The quantitative estimate of drug-likeness (QED) is 0.797. The summed E-state index contributed by atoms with van der Waals surface area (Å²) in [5.41, 5.74) is 0.879. The average molecular weight is 322 g/mol. The van der Waals surface area contributed by atoms with Gasteiger partial charge >= 0.3 is 5.97 Å². The lowest BCUT2D eigenvalue weighted by atomic mass is 10.2. The van der Waals surface area contributed by atoms with Gasteiger partial charge in [-0.25, -0.2) is 4.79 Å². The van der Waals surface area contributed by atoms with Crippen molar-refractivity contribution in [2.75, 3.05) is 11.9 Å². The molecule has 3 amide bonds. The molecule has 0 unspecified atom stereocenters. The number of hydrogen-bond acceptors (Lipinski definition) is 6. The van der Waals surface area contributed by atoms with Crippen LogP contribution in [-0.2, 0) is 14.3 Å². The molecular weight excluding hydrogens is 308 g/mol. The van der Waals surface area contributed by atoms with Gasteiger partial charge < -0.3 is 10.1 Å². The molecule has 1 atom stereocenters. The molecular formula is C14H14N2O5S. The van der Waals surface area contributed by atoms with Crippen LogP contribution in [0, 0.1) is 0 Å². The minimum Gasteiger partial charge on any atom is -0.462 e. The van der Waals surface area contributed by atoms with Gasteiger partial charge in [0.25, 0.3) is 5.24 Å². The van der Waals surface area contributed by atoms with E-state index in [1.807, 2.05) is 0 Å². The number of thioether (sulfide) groups is 1. The van der Waals surface area contributed by atoms with Gasteiger partial charge in [-0.15, -0.1) is 0 Å².